The molecule has 3 N–H and O–H groups in total. The van der Waals surface area contributed by atoms with E-state index < -0.39 is 18.1 Å². The smallest absolute Gasteiger partial charge is 0.326 e. The molecule has 2 unspecified atom stereocenters. The number of rotatable bonds is 2. The largest absolute Gasteiger partial charge is 0.480 e. The third-order valence-corrected chi connectivity index (χ3v) is 3.46. The molecule has 0 aromatic rings. The highest BCUT2D eigenvalue weighted by Crippen LogP contribution is 2.23. The molecule has 2 aliphatic rings. The number of aliphatic carboxylic acids is 1. The highest BCUT2D eigenvalue weighted by atomic mass is 16.4. The van der Waals surface area contributed by atoms with Crippen molar-refractivity contribution in [1.29, 1.82) is 0 Å². The Hall–Kier alpha value is -1.63. The van der Waals surface area contributed by atoms with Crippen molar-refractivity contribution in [2.75, 3.05) is 13.1 Å². The monoisotopic (exact) mass is 256 g/mol. The van der Waals surface area contributed by atoms with Crippen LogP contribution in [0.15, 0.2) is 0 Å². The molecule has 0 saturated carbocycles. The molecule has 2 rings (SSSR count). The highest BCUT2D eigenvalue weighted by Gasteiger charge is 2.41. The van der Waals surface area contributed by atoms with Gasteiger partial charge in [-0.05, 0) is 6.42 Å². The van der Waals surface area contributed by atoms with E-state index in [9.17, 15) is 19.5 Å². The van der Waals surface area contributed by atoms with Crippen molar-refractivity contribution in [2.45, 2.75) is 31.4 Å². The normalized spacial score (nSPS) is 32.2. The van der Waals surface area contributed by atoms with Crippen LogP contribution in [-0.4, -0.2) is 58.1 Å². The first kappa shape index (κ1) is 12.8. The van der Waals surface area contributed by atoms with Crippen LogP contribution in [0, 0.1) is 5.92 Å². The lowest BCUT2D eigenvalue weighted by molar-refractivity contribution is -0.150. The highest BCUT2D eigenvalue weighted by molar-refractivity contribution is 5.87. The number of carboxylic acid groups (broad SMARTS) is 1. The molecule has 7 nitrogen and oxygen atoms in total. The zero-order valence-electron chi connectivity index (χ0n) is 9.83. The summed E-state index contributed by atoms with van der Waals surface area (Å²) in [5.74, 6) is -1.86. The first-order valence-corrected chi connectivity index (χ1v) is 5.97. The quantitative estimate of drug-likeness (QED) is 0.561. The van der Waals surface area contributed by atoms with Crippen LogP contribution in [0.1, 0.15) is 19.3 Å². The van der Waals surface area contributed by atoms with Crippen LogP contribution in [-0.2, 0) is 14.4 Å². The Morgan fingerprint density at radius 2 is 2.11 bits per heavy atom. The molecule has 0 aromatic heterocycles. The number of likely N-dealkylation sites (tertiary alicyclic amines) is 1. The predicted molar refractivity (Wildman–Crippen MR) is 59.5 cm³/mol. The van der Waals surface area contributed by atoms with E-state index >= 15 is 0 Å². The Balaban J connectivity index is 2.03. The Morgan fingerprint density at radius 3 is 2.67 bits per heavy atom. The molecule has 2 fully saturated rings. The van der Waals surface area contributed by atoms with Crippen molar-refractivity contribution >= 4 is 17.8 Å². The number of carboxylic acids is 1. The number of hydrogen-bond donors (Lipinski definition) is 3. The SMILES string of the molecule is O=C1CCC(C(=O)N2CC(O)C[C@H]2C(=O)O)CN1. The molecule has 2 amide bonds. The molecule has 2 aliphatic heterocycles. The summed E-state index contributed by atoms with van der Waals surface area (Å²) in [6.07, 6.45) is 0.00196. The number of piperidine rings is 1. The molecule has 7 heteroatoms. The molecule has 0 radical (unpaired) electrons. The second kappa shape index (κ2) is 4.93. The number of nitrogens with one attached hydrogen (secondary N) is 1. The number of hydrogen-bond acceptors (Lipinski definition) is 4. The third-order valence-electron chi connectivity index (χ3n) is 3.46. The van der Waals surface area contributed by atoms with Gasteiger partial charge >= 0.3 is 5.97 Å². The van der Waals surface area contributed by atoms with E-state index in [0.717, 1.165) is 0 Å². The first-order valence-electron chi connectivity index (χ1n) is 5.97. The molecule has 3 atom stereocenters. The van der Waals surface area contributed by atoms with Crippen molar-refractivity contribution < 1.29 is 24.6 Å². The van der Waals surface area contributed by atoms with Gasteiger partial charge in [0.15, 0.2) is 0 Å². The maximum absolute atomic E-state index is 12.2. The summed E-state index contributed by atoms with van der Waals surface area (Å²) in [4.78, 5) is 35.4. The summed E-state index contributed by atoms with van der Waals surface area (Å²) in [5, 5.41) is 21.1. The minimum atomic E-state index is -1.10. The zero-order valence-corrected chi connectivity index (χ0v) is 9.83. The summed E-state index contributed by atoms with van der Waals surface area (Å²) in [7, 11) is 0. The van der Waals surface area contributed by atoms with E-state index in [2.05, 4.69) is 5.32 Å². The maximum Gasteiger partial charge on any atom is 0.326 e. The van der Waals surface area contributed by atoms with E-state index in [1.807, 2.05) is 0 Å². The van der Waals surface area contributed by atoms with Gasteiger partial charge in [0.25, 0.3) is 0 Å². The van der Waals surface area contributed by atoms with Gasteiger partial charge in [-0.15, -0.1) is 0 Å². The lowest BCUT2D eigenvalue weighted by Gasteiger charge is -2.28. The molecule has 0 aliphatic carbocycles. The average Bonchev–Trinajstić information content (AvgIpc) is 2.71. The maximum atomic E-state index is 12.2. The number of aliphatic hydroxyl groups is 1. The fourth-order valence-electron chi connectivity index (χ4n) is 2.47. The molecule has 0 aromatic carbocycles. The summed E-state index contributed by atoms with van der Waals surface area (Å²) in [6.45, 7) is 0.302. The van der Waals surface area contributed by atoms with Crippen molar-refractivity contribution in [2.24, 2.45) is 5.92 Å². The lowest BCUT2D eigenvalue weighted by atomic mass is 9.97. The van der Waals surface area contributed by atoms with E-state index in [1.54, 1.807) is 0 Å². The minimum Gasteiger partial charge on any atom is -0.480 e. The van der Waals surface area contributed by atoms with E-state index in [0.29, 0.717) is 6.42 Å². The number of amides is 2. The van der Waals surface area contributed by atoms with Gasteiger partial charge in [-0.1, -0.05) is 0 Å². The van der Waals surface area contributed by atoms with Gasteiger partial charge in [0, 0.05) is 25.9 Å². The molecule has 0 bridgehead atoms. The van der Waals surface area contributed by atoms with Crippen LogP contribution in [0.4, 0.5) is 0 Å². The minimum absolute atomic E-state index is 0.0558. The van der Waals surface area contributed by atoms with Gasteiger partial charge in [-0.3, -0.25) is 9.59 Å². The number of carbonyl (C=O) groups is 3. The van der Waals surface area contributed by atoms with Gasteiger partial charge < -0.3 is 20.4 Å². The number of aliphatic hydroxyl groups excluding tert-OH is 1. The molecule has 100 valence electrons. The van der Waals surface area contributed by atoms with E-state index in [1.165, 1.54) is 4.90 Å². The number of β-amino-alcohol motifs (C(OH)–C–C–N with tert-alkyl or cyclic N) is 1. The lowest BCUT2D eigenvalue weighted by Crippen LogP contribution is -2.48. The molecule has 0 spiro atoms. The van der Waals surface area contributed by atoms with E-state index in [4.69, 9.17) is 5.11 Å². The molecular formula is C11H16N2O5. The summed E-state index contributed by atoms with van der Waals surface area (Å²) < 4.78 is 0. The van der Waals surface area contributed by atoms with Crippen molar-refractivity contribution in [3.8, 4) is 0 Å². The summed E-state index contributed by atoms with van der Waals surface area (Å²) in [5.41, 5.74) is 0. The first-order chi connectivity index (χ1) is 8.49. The van der Waals surface area contributed by atoms with Gasteiger partial charge in [-0.25, -0.2) is 4.79 Å². The van der Waals surface area contributed by atoms with Crippen LogP contribution in [0.3, 0.4) is 0 Å². The third kappa shape index (κ3) is 2.45. The van der Waals surface area contributed by atoms with Crippen LogP contribution < -0.4 is 5.32 Å². The standard InChI is InChI=1S/C11H16N2O5/c14-7-3-8(11(17)18)13(5-7)10(16)6-1-2-9(15)12-4-6/h6-8,14H,1-5H2,(H,12,15)(H,17,18)/t6?,7?,8-/m0/s1. The molecule has 18 heavy (non-hydrogen) atoms. The van der Waals surface area contributed by atoms with Crippen LogP contribution in [0.5, 0.6) is 0 Å². The van der Waals surface area contributed by atoms with E-state index in [-0.39, 0.29) is 43.7 Å². The van der Waals surface area contributed by atoms with Crippen LogP contribution >= 0.6 is 0 Å². The summed E-state index contributed by atoms with van der Waals surface area (Å²) >= 11 is 0. The predicted octanol–water partition coefficient (Wildman–Crippen LogP) is -1.44. The molecule has 2 saturated heterocycles. The van der Waals surface area contributed by atoms with Gasteiger partial charge in [0.1, 0.15) is 6.04 Å². The van der Waals surface area contributed by atoms with Gasteiger partial charge in [0.2, 0.25) is 11.8 Å². The zero-order chi connectivity index (χ0) is 13.3. The Morgan fingerprint density at radius 1 is 1.39 bits per heavy atom. The van der Waals surface area contributed by atoms with Gasteiger partial charge in [-0.2, -0.15) is 0 Å². The average molecular weight is 256 g/mol. The van der Waals surface area contributed by atoms with Crippen molar-refractivity contribution in [3.05, 3.63) is 0 Å². The fraction of sp³-hybridized carbons (Fsp3) is 0.727. The molecule has 2 heterocycles. The van der Waals surface area contributed by atoms with Crippen LogP contribution in [0.2, 0.25) is 0 Å². The number of nitrogens with zero attached hydrogens (tertiary/aromatic N) is 1. The number of carbonyl (C=O) groups excluding carboxylic acids is 2. The van der Waals surface area contributed by atoms with Crippen molar-refractivity contribution in [1.82, 2.24) is 10.2 Å². The second-order valence-corrected chi connectivity index (χ2v) is 4.77. The second-order valence-electron chi connectivity index (χ2n) is 4.77. The molecular weight excluding hydrogens is 240 g/mol. The van der Waals surface area contributed by atoms with Crippen molar-refractivity contribution in [3.63, 3.8) is 0 Å². The Labute approximate surface area is 104 Å². The topological polar surface area (TPSA) is 107 Å². The van der Waals surface area contributed by atoms with Crippen LogP contribution in [0.25, 0.3) is 0 Å². The van der Waals surface area contributed by atoms with Gasteiger partial charge in [0.05, 0.1) is 12.0 Å². The Bertz CT molecular complexity index is 374. The summed E-state index contributed by atoms with van der Waals surface area (Å²) in [6, 6.07) is -0.954. The Kier molecular flexibility index (Phi) is 3.51. The fourth-order valence-corrected chi connectivity index (χ4v) is 2.47.